The van der Waals surface area contributed by atoms with Gasteiger partial charge in [0.15, 0.2) is 16.3 Å². The predicted octanol–water partition coefficient (Wildman–Crippen LogP) is 4.71. The Kier molecular flexibility index (Phi) is 7.67. The molecule has 208 valence electrons. The average Bonchev–Trinajstić information content (AvgIpc) is 3.59. The number of hydrogen-bond donors (Lipinski definition) is 0. The van der Waals surface area contributed by atoms with Gasteiger partial charge in [0.1, 0.15) is 12.4 Å². The Morgan fingerprint density at radius 3 is 2.68 bits per heavy atom. The number of thiazole rings is 1. The van der Waals surface area contributed by atoms with E-state index in [1.54, 1.807) is 4.57 Å². The number of fused-ring (bicyclic) bond motifs is 2. The second-order valence-electron chi connectivity index (χ2n) is 9.37. The van der Waals surface area contributed by atoms with Gasteiger partial charge < -0.3 is 18.9 Å². The van der Waals surface area contributed by atoms with Crippen LogP contribution in [0.15, 0.2) is 87.8 Å². The summed E-state index contributed by atoms with van der Waals surface area (Å²) in [5.41, 5.74) is 3.45. The topological polar surface area (TPSA) is 88.4 Å². The maximum absolute atomic E-state index is 13.8. The lowest BCUT2D eigenvalue weighted by Crippen LogP contribution is -2.40. The molecule has 1 atom stereocenters. The minimum absolute atomic E-state index is 0.211. The summed E-state index contributed by atoms with van der Waals surface area (Å²) in [6.45, 7) is 2.55. The zero-order chi connectivity index (χ0) is 28.5. The third-order valence-electron chi connectivity index (χ3n) is 6.85. The first kappa shape index (κ1) is 27.3. The molecule has 0 N–H and O–H groups in total. The van der Waals surface area contributed by atoms with E-state index in [1.165, 1.54) is 18.4 Å². The second kappa shape index (κ2) is 11.5. The molecule has 0 aliphatic carbocycles. The average molecular weight is 681 g/mol. The van der Waals surface area contributed by atoms with Crippen LogP contribution in [0, 0.1) is 3.57 Å². The quantitative estimate of drug-likeness (QED) is 0.208. The van der Waals surface area contributed by atoms with Crippen LogP contribution in [0.4, 0.5) is 0 Å². The first-order valence-corrected chi connectivity index (χ1v) is 14.8. The lowest BCUT2D eigenvalue weighted by atomic mass is 9.95. The fourth-order valence-electron chi connectivity index (χ4n) is 4.88. The van der Waals surface area contributed by atoms with Gasteiger partial charge in [-0.1, -0.05) is 60.7 Å². The van der Waals surface area contributed by atoms with Crippen molar-refractivity contribution >= 4 is 46.0 Å². The normalized spacial score (nSPS) is 15.9. The summed E-state index contributed by atoms with van der Waals surface area (Å²) in [5, 5.41) is 0. The zero-order valence-electron chi connectivity index (χ0n) is 22.3. The van der Waals surface area contributed by atoms with Gasteiger partial charge in [-0.3, -0.25) is 9.36 Å². The number of hydrogen-bond acceptors (Lipinski definition) is 8. The predicted molar refractivity (Wildman–Crippen MR) is 163 cm³/mol. The van der Waals surface area contributed by atoms with Crippen LogP contribution in [0.2, 0.25) is 0 Å². The largest absolute Gasteiger partial charge is 0.488 e. The van der Waals surface area contributed by atoms with E-state index in [4.69, 9.17) is 23.9 Å². The SMILES string of the molecule is CCC1=C(C(=O)OC)[C@@H](c2ccccc2)n2c(s/c(=C\c3ccc(OCc4ccc5c(c4)OCO5)c(I)c3)c2=O)=N1. The highest BCUT2D eigenvalue weighted by molar-refractivity contribution is 14.1. The molecule has 10 heteroatoms. The molecule has 0 amide bonds. The van der Waals surface area contributed by atoms with E-state index in [0.29, 0.717) is 33.6 Å². The monoisotopic (exact) mass is 680 g/mol. The van der Waals surface area contributed by atoms with Gasteiger partial charge in [0, 0.05) is 0 Å². The van der Waals surface area contributed by atoms with E-state index in [2.05, 4.69) is 22.6 Å². The number of halogens is 1. The third kappa shape index (κ3) is 5.29. The molecule has 0 fully saturated rings. The number of ether oxygens (including phenoxy) is 4. The van der Waals surface area contributed by atoms with Crippen LogP contribution in [0.1, 0.15) is 36.1 Å². The van der Waals surface area contributed by atoms with Crippen LogP contribution in [0.3, 0.4) is 0 Å². The van der Waals surface area contributed by atoms with Crippen molar-refractivity contribution in [3.05, 3.63) is 118 Å². The molecule has 41 heavy (non-hydrogen) atoms. The van der Waals surface area contributed by atoms with Crippen LogP contribution in [-0.2, 0) is 16.1 Å². The number of allylic oxidation sites excluding steroid dienone is 1. The van der Waals surface area contributed by atoms with Crippen molar-refractivity contribution in [1.29, 1.82) is 0 Å². The van der Waals surface area contributed by atoms with Crippen molar-refractivity contribution in [3.8, 4) is 17.2 Å². The molecule has 3 heterocycles. The Hall–Kier alpha value is -3.90. The fraction of sp³-hybridized carbons (Fsp3) is 0.194. The smallest absolute Gasteiger partial charge is 0.338 e. The van der Waals surface area contributed by atoms with Crippen molar-refractivity contribution in [2.75, 3.05) is 13.9 Å². The van der Waals surface area contributed by atoms with E-state index in [1.807, 2.05) is 79.7 Å². The molecule has 1 aromatic heterocycles. The van der Waals surface area contributed by atoms with Crippen molar-refractivity contribution in [1.82, 2.24) is 4.57 Å². The maximum atomic E-state index is 13.8. The Balaban J connectivity index is 1.33. The molecule has 2 aliphatic heterocycles. The molecule has 4 aromatic rings. The van der Waals surface area contributed by atoms with E-state index in [9.17, 15) is 9.59 Å². The molecular formula is C31H25IN2O6S. The maximum Gasteiger partial charge on any atom is 0.338 e. The molecular weight excluding hydrogens is 655 g/mol. The number of methoxy groups -OCH3 is 1. The van der Waals surface area contributed by atoms with E-state index < -0.39 is 12.0 Å². The standard InChI is InChI=1S/C31H25IN2O6S/c1-3-22-27(30(36)37-2)28(20-7-5-4-6-8-20)34-29(35)26(41-31(34)33-22)15-18-9-11-23(21(32)13-18)38-16-19-10-12-24-25(14-19)40-17-39-24/h4-15,28H,3,16-17H2,1-2H3/b26-15-/t28-/m1/s1. The number of esters is 1. The number of carbonyl (C=O) groups is 1. The minimum atomic E-state index is -0.621. The summed E-state index contributed by atoms with van der Waals surface area (Å²) >= 11 is 3.54. The van der Waals surface area contributed by atoms with Crippen molar-refractivity contribution in [3.63, 3.8) is 0 Å². The first-order valence-electron chi connectivity index (χ1n) is 13.0. The lowest BCUT2D eigenvalue weighted by molar-refractivity contribution is -0.136. The molecule has 0 radical (unpaired) electrons. The number of benzene rings is 3. The van der Waals surface area contributed by atoms with Crippen LogP contribution >= 0.6 is 33.9 Å². The summed E-state index contributed by atoms with van der Waals surface area (Å²) in [4.78, 5) is 32.0. The van der Waals surface area contributed by atoms with Crippen molar-refractivity contribution in [2.24, 2.45) is 4.99 Å². The Bertz CT molecular complexity index is 1860. The van der Waals surface area contributed by atoms with Crippen LogP contribution in [0.25, 0.3) is 6.08 Å². The summed E-state index contributed by atoms with van der Waals surface area (Å²) in [5.74, 6) is 1.71. The van der Waals surface area contributed by atoms with Crippen LogP contribution in [-0.4, -0.2) is 24.4 Å². The summed E-state index contributed by atoms with van der Waals surface area (Å²) < 4.78 is 25.0. The number of rotatable bonds is 7. The first-order chi connectivity index (χ1) is 20.0. The number of carbonyl (C=O) groups excluding carboxylic acids is 1. The highest BCUT2D eigenvalue weighted by Crippen LogP contribution is 2.34. The zero-order valence-corrected chi connectivity index (χ0v) is 25.2. The fourth-order valence-corrected chi connectivity index (χ4v) is 6.60. The Morgan fingerprint density at radius 1 is 1.12 bits per heavy atom. The minimum Gasteiger partial charge on any atom is -0.488 e. The van der Waals surface area contributed by atoms with Gasteiger partial charge >= 0.3 is 5.97 Å². The highest BCUT2D eigenvalue weighted by Gasteiger charge is 2.33. The van der Waals surface area contributed by atoms with Gasteiger partial charge in [0.25, 0.3) is 5.56 Å². The molecule has 0 spiro atoms. The van der Waals surface area contributed by atoms with Crippen LogP contribution in [0.5, 0.6) is 17.2 Å². The van der Waals surface area contributed by atoms with E-state index in [0.717, 1.165) is 37.5 Å². The van der Waals surface area contributed by atoms with Gasteiger partial charge in [-0.05, 0) is 76.0 Å². The molecule has 8 nitrogen and oxygen atoms in total. The van der Waals surface area contributed by atoms with Crippen molar-refractivity contribution < 1.29 is 23.7 Å². The molecule has 3 aromatic carbocycles. The molecule has 6 rings (SSSR count). The van der Waals surface area contributed by atoms with Crippen LogP contribution < -0.4 is 29.1 Å². The van der Waals surface area contributed by atoms with Gasteiger partial charge in [-0.15, -0.1) is 0 Å². The summed E-state index contributed by atoms with van der Waals surface area (Å²) in [6.07, 6.45) is 2.38. The Labute approximate surface area is 253 Å². The number of nitrogens with zero attached hydrogens (tertiary/aromatic N) is 2. The summed E-state index contributed by atoms with van der Waals surface area (Å²) in [7, 11) is 1.35. The number of aromatic nitrogens is 1. The Morgan fingerprint density at radius 2 is 1.93 bits per heavy atom. The van der Waals surface area contributed by atoms with Gasteiger partial charge in [0.2, 0.25) is 6.79 Å². The molecule has 0 bridgehead atoms. The molecule has 0 saturated heterocycles. The molecule has 2 aliphatic rings. The van der Waals surface area contributed by atoms with E-state index in [-0.39, 0.29) is 12.4 Å². The van der Waals surface area contributed by atoms with Gasteiger partial charge in [-0.2, -0.15) is 0 Å². The third-order valence-corrected chi connectivity index (χ3v) is 8.68. The second-order valence-corrected chi connectivity index (χ2v) is 11.5. The van der Waals surface area contributed by atoms with Gasteiger partial charge in [0.05, 0.1) is 32.5 Å². The van der Waals surface area contributed by atoms with Gasteiger partial charge in [-0.25, -0.2) is 9.79 Å². The molecule has 0 unspecified atom stereocenters. The van der Waals surface area contributed by atoms with Crippen molar-refractivity contribution in [2.45, 2.75) is 26.0 Å². The summed E-state index contributed by atoms with van der Waals surface area (Å²) in [6, 6.07) is 20.4. The molecule has 0 saturated carbocycles. The lowest BCUT2D eigenvalue weighted by Gasteiger charge is -2.25. The van der Waals surface area contributed by atoms with E-state index >= 15 is 0 Å². The highest BCUT2D eigenvalue weighted by atomic mass is 127.